The Balaban J connectivity index is 4.47. The van der Waals surface area contributed by atoms with E-state index in [0.717, 1.165) is 128 Å². The molecule has 0 saturated heterocycles. The molecular weight excluding hydrogens is 889 g/mol. The van der Waals surface area contributed by atoms with Crippen molar-refractivity contribution in [2.24, 2.45) is 0 Å². The van der Waals surface area contributed by atoms with Gasteiger partial charge >= 0.3 is 17.9 Å². The second-order valence-corrected chi connectivity index (χ2v) is 19.5. The number of hydrogen-bond donors (Lipinski definition) is 0. The maximum absolute atomic E-state index is 12.9. The molecule has 0 spiro atoms. The predicted molar refractivity (Wildman–Crippen MR) is 311 cm³/mol. The molecule has 6 nitrogen and oxygen atoms in total. The van der Waals surface area contributed by atoms with Gasteiger partial charge in [0.2, 0.25) is 0 Å². The van der Waals surface area contributed by atoms with Gasteiger partial charge in [-0.15, -0.1) is 0 Å². The van der Waals surface area contributed by atoms with Gasteiger partial charge in [0, 0.05) is 19.3 Å². The summed E-state index contributed by atoms with van der Waals surface area (Å²) in [7, 11) is 0. The van der Waals surface area contributed by atoms with E-state index in [1.165, 1.54) is 103 Å². The molecule has 6 heteroatoms. The van der Waals surface area contributed by atoms with Gasteiger partial charge in [-0.3, -0.25) is 14.4 Å². The molecule has 0 N–H and O–H groups in total. The van der Waals surface area contributed by atoms with Crippen molar-refractivity contribution in [2.45, 2.75) is 277 Å². The van der Waals surface area contributed by atoms with Gasteiger partial charge in [0.05, 0.1) is 0 Å². The molecule has 0 aromatic heterocycles. The van der Waals surface area contributed by atoms with Crippen LogP contribution in [0, 0.1) is 0 Å². The molecule has 0 aliphatic rings. The standard InChI is InChI=1S/C66H110O6/c1-4-7-10-13-16-19-22-25-28-31-33-35-38-41-44-47-50-53-56-59-65(68)71-62-63(61-70-64(67)58-55-52-49-46-43-40-37-30-27-24-21-18-15-12-9-6-3)72-66(69)60-57-54-51-48-45-42-39-36-34-32-29-26-23-20-17-14-11-8-5-2/h7-8,10-11,16-17,19-20,25-26,28-30,33,35,37,41,44,63H,4-6,9,12-15,18,21-24,27,31-32,34,36,38-40,42-43,45-62H2,1-3H3/b10-7-,11-8-,19-16-,20-17-,28-25-,29-26-,35-33-,37-30-,44-41-. The van der Waals surface area contributed by atoms with Crippen molar-refractivity contribution in [3.63, 3.8) is 0 Å². The number of carbonyl (C=O) groups is 3. The van der Waals surface area contributed by atoms with Gasteiger partial charge in [-0.05, 0) is 122 Å². The van der Waals surface area contributed by atoms with Gasteiger partial charge in [0.1, 0.15) is 13.2 Å². The molecule has 0 bridgehead atoms. The second-order valence-electron chi connectivity index (χ2n) is 19.5. The summed E-state index contributed by atoms with van der Waals surface area (Å²) in [5, 5.41) is 0. The number of rotatable bonds is 53. The fourth-order valence-corrected chi connectivity index (χ4v) is 8.07. The lowest BCUT2D eigenvalue weighted by Gasteiger charge is -2.18. The Kier molecular flexibility index (Phi) is 56.4. The van der Waals surface area contributed by atoms with Crippen LogP contribution >= 0.6 is 0 Å². The Bertz CT molecular complexity index is 1470. The van der Waals surface area contributed by atoms with Crippen LogP contribution in [-0.2, 0) is 28.6 Å². The van der Waals surface area contributed by atoms with Crippen LogP contribution in [0.5, 0.6) is 0 Å². The quantitative estimate of drug-likeness (QED) is 0.0261. The van der Waals surface area contributed by atoms with E-state index in [4.69, 9.17) is 14.2 Å². The van der Waals surface area contributed by atoms with E-state index in [1.54, 1.807) is 0 Å². The normalized spacial score (nSPS) is 12.9. The van der Waals surface area contributed by atoms with Crippen LogP contribution in [0.25, 0.3) is 0 Å². The fourth-order valence-electron chi connectivity index (χ4n) is 8.07. The van der Waals surface area contributed by atoms with Gasteiger partial charge < -0.3 is 14.2 Å². The number of allylic oxidation sites excluding steroid dienone is 18. The zero-order valence-electron chi connectivity index (χ0n) is 46.9. The lowest BCUT2D eigenvalue weighted by atomic mass is 10.1. The van der Waals surface area contributed by atoms with Crippen LogP contribution in [0.4, 0.5) is 0 Å². The van der Waals surface area contributed by atoms with Crippen LogP contribution < -0.4 is 0 Å². The molecule has 0 amide bonds. The number of esters is 3. The maximum atomic E-state index is 12.9. The van der Waals surface area contributed by atoms with Gasteiger partial charge in [0.25, 0.3) is 0 Å². The van der Waals surface area contributed by atoms with Gasteiger partial charge in [0.15, 0.2) is 6.10 Å². The molecule has 410 valence electrons. The molecule has 1 atom stereocenters. The van der Waals surface area contributed by atoms with Gasteiger partial charge in [-0.2, -0.15) is 0 Å². The largest absolute Gasteiger partial charge is 0.462 e. The molecular formula is C66H110O6. The maximum Gasteiger partial charge on any atom is 0.306 e. The summed E-state index contributed by atoms with van der Waals surface area (Å²) in [6.45, 7) is 6.39. The van der Waals surface area contributed by atoms with Crippen LogP contribution in [0.3, 0.4) is 0 Å². The highest BCUT2D eigenvalue weighted by molar-refractivity contribution is 5.71. The molecule has 0 rings (SSSR count). The van der Waals surface area contributed by atoms with Crippen molar-refractivity contribution in [1.29, 1.82) is 0 Å². The first-order chi connectivity index (χ1) is 35.5. The number of unbranched alkanes of at least 4 members (excludes halogenated alkanes) is 24. The topological polar surface area (TPSA) is 78.9 Å². The van der Waals surface area contributed by atoms with Gasteiger partial charge in [-0.1, -0.05) is 239 Å². The third-order valence-electron chi connectivity index (χ3n) is 12.5. The predicted octanol–water partition coefficient (Wildman–Crippen LogP) is 20.3. The summed E-state index contributed by atoms with van der Waals surface area (Å²) < 4.78 is 16.9. The van der Waals surface area contributed by atoms with E-state index in [2.05, 4.69) is 130 Å². The summed E-state index contributed by atoms with van der Waals surface area (Å²) in [6.07, 6.45) is 80.8. The highest BCUT2D eigenvalue weighted by atomic mass is 16.6. The molecule has 0 aliphatic carbocycles. The highest BCUT2D eigenvalue weighted by Crippen LogP contribution is 2.15. The second kappa shape index (κ2) is 59.6. The summed E-state index contributed by atoms with van der Waals surface area (Å²) in [5.41, 5.74) is 0. The van der Waals surface area contributed by atoms with E-state index in [-0.39, 0.29) is 31.1 Å². The molecule has 0 aliphatic heterocycles. The molecule has 0 fully saturated rings. The van der Waals surface area contributed by atoms with Crippen LogP contribution in [-0.4, -0.2) is 37.2 Å². The van der Waals surface area contributed by atoms with E-state index < -0.39 is 6.10 Å². The fraction of sp³-hybridized carbons (Fsp3) is 0.682. The summed E-state index contributed by atoms with van der Waals surface area (Å²) in [6, 6.07) is 0. The average Bonchev–Trinajstić information content (AvgIpc) is 3.38. The van der Waals surface area contributed by atoms with Crippen molar-refractivity contribution in [2.75, 3.05) is 13.2 Å². The Labute approximate surface area is 444 Å². The molecule has 72 heavy (non-hydrogen) atoms. The highest BCUT2D eigenvalue weighted by Gasteiger charge is 2.19. The van der Waals surface area contributed by atoms with Crippen molar-refractivity contribution in [3.8, 4) is 0 Å². The smallest absolute Gasteiger partial charge is 0.306 e. The van der Waals surface area contributed by atoms with E-state index in [0.29, 0.717) is 19.3 Å². The third-order valence-corrected chi connectivity index (χ3v) is 12.5. The monoisotopic (exact) mass is 999 g/mol. The summed E-state index contributed by atoms with van der Waals surface area (Å²) >= 11 is 0. The first-order valence-electron chi connectivity index (χ1n) is 29.9. The Hall–Kier alpha value is -3.93. The summed E-state index contributed by atoms with van der Waals surface area (Å²) in [4.78, 5) is 38.2. The van der Waals surface area contributed by atoms with Gasteiger partial charge in [-0.25, -0.2) is 0 Å². The minimum atomic E-state index is -0.801. The van der Waals surface area contributed by atoms with Crippen molar-refractivity contribution < 1.29 is 28.6 Å². The molecule has 0 heterocycles. The molecule has 0 saturated carbocycles. The zero-order valence-corrected chi connectivity index (χ0v) is 46.9. The van der Waals surface area contributed by atoms with Crippen LogP contribution in [0.1, 0.15) is 271 Å². The lowest BCUT2D eigenvalue weighted by Crippen LogP contribution is -2.30. The lowest BCUT2D eigenvalue weighted by molar-refractivity contribution is -0.167. The number of ether oxygens (including phenoxy) is 3. The van der Waals surface area contributed by atoms with E-state index in [9.17, 15) is 14.4 Å². The van der Waals surface area contributed by atoms with Crippen LogP contribution in [0.2, 0.25) is 0 Å². The molecule has 1 unspecified atom stereocenters. The molecule has 0 aromatic carbocycles. The minimum absolute atomic E-state index is 0.0961. The average molecular weight is 1000 g/mol. The first kappa shape index (κ1) is 68.1. The first-order valence-corrected chi connectivity index (χ1v) is 29.9. The molecule has 0 radical (unpaired) electrons. The van der Waals surface area contributed by atoms with E-state index in [1.807, 2.05) is 0 Å². The van der Waals surface area contributed by atoms with Crippen molar-refractivity contribution in [3.05, 3.63) is 109 Å². The van der Waals surface area contributed by atoms with E-state index >= 15 is 0 Å². The van der Waals surface area contributed by atoms with Crippen molar-refractivity contribution >= 4 is 17.9 Å². The number of carbonyl (C=O) groups excluding carboxylic acids is 3. The van der Waals surface area contributed by atoms with Crippen molar-refractivity contribution in [1.82, 2.24) is 0 Å². The number of hydrogen-bond acceptors (Lipinski definition) is 6. The zero-order chi connectivity index (χ0) is 52.2. The third kappa shape index (κ3) is 57.0. The Morgan fingerprint density at radius 3 is 0.875 bits per heavy atom. The Morgan fingerprint density at radius 1 is 0.292 bits per heavy atom. The molecule has 0 aromatic rings. The van der Waals surface area contributed by atoms with Crippen LogP contribution in [0.15, 0.2) is 109 Å². The Morgan fingerprint density at radius 2 is 0.542 bits per heavy atom. The summed E-state index contributed by atoms with van der Waals surface area (Å²) in [5.74, 6) is -0.939. The minimum Gasteiger partial charge on any atom is -0.462 e. The SMILES string of the molecule is CC/C=C\C/C=C\C/C=C\C/C=C\C/C=C\CCCCCC(=O)OCC(COC(=O)CCCCCCC/C=C\CCCCCCCCC)OC(=O)CCCCCCCCCCC/C=C\C/C=C\C/C=C\CC.